The topological polar surface area (TPSA) is 84.2 Å². The maximum atomic E-state index is 12.3. The highest BCUT2D eigenvalue weighted by Gasteiger charge is 2.16. The Labute approximate surface area is 167 Å². The summed E-state index contributed by atoms with van der Waals surface area (Å²) in [6.45, 7) is 6.58. The van der Waals surface area contributed by atoms with E-state index in [9.17, 15) is 9.59 Å². The first-order chi connectivity index (χ1) is 12.4. The van der Waals surface area contributed by atoms with Gasteiger partial charge >= 0.3 is 0 Å². The zero-order chi connectivity index (χ0) is 19.1. The third-order valence-corrected chi connectivity index (χ3v) is 4.05. The highest BCUT2D eigenvalue weighted by atomic mass is 35.5. The van der Waals surface area contributed by atoms with Gasteiger partial charge in [0.05, 0.1) is 6.04 Å². The molecule has 0 aliphatic heterocycles. The van der Waals surface area contributed by atoms with E-state index in [0.29, 0.717) is 30.1 Å². The number of carbonyl (C=O) groups is 2. The molecule has 2 aromatic carbocycles. The molecule has 5 nitrogen and oxygen atoms in total. The average molecular weight is 390 g/mol. The molecule has 0 aliphatic carbocycles. The summed E-state index contributed by atoms with van der Waals surface area (Å²) in [5.41, 5.74) is 9.10. The van der Waals surface area contributed by atoms with Gasteiger partial charge in [0.25, 0.3) is 5.91 Å². The molecule has 0 saturated heterocycles. The number of amides is 2. The number of anilines is 1. The Hall–Kier alpha value is -2.37. The summed E-state index contributed by atoms with van der Waals surface area (Å²) in [5.74, 6) is 0.0409. The Balaban J connectivity index is 0.00000364. The first kappa shape index (κ1) is 22.7. The Morgan fingerprint density at radius 1 is 1.07 bits per heavy atom. The number of halogens is 1. The largest absolute Gasteiger partial charge is 0.352 e. The van der Waals surface area contributed by atoms with Crippen molar-refractivity contribution in [2.45, 2.75) is 33.2 Å². The van der Waals surface area contributed by atoms with Crippen molar-refractivity contribution >= 4 is 29.9 Å². The molecule has 27 heavy (non-hydrogen) atoms. The highest BCUT2D eigenvalue weighted by Crippen LogP contribution is 2.17. The summed E-state index contributed by atoms with van der Waals surface area (Å²) in [6.07, 6.45) is 0.474. The number of nitrogens with one attached hydrogen (secondary N) is 2. The molecule has 1 atom stereocenters. The van der Waals surface area contributed by atoms with Crippen molar-refractivity contribution in [3.63, 3.8) is 0 Å². The fourth-order valence-corrected chi connectivity index (χ4v) is 2.53. The normalized spacial score (nSPS) is 11.4. The van der Waals surface area contributed by atoms with Gasteiger partial charge in [-0.05, 0) is 48.6 Å². The van der Waals surface area contributed by atoms with Crippen LogP contribution in [0.15, 0.2) is 48.5 Å². The Kier molecular flexibility index (Phi) is 8.98. The minimum absolute atomic E-state index is 0. The van der Waals surface area contributed by atoms with E-state index in [2.05, 4.69) is 10.6 Å². The molecule has 0 bridgehead atoms. The number of aryl methyl sites for hydroxylation is 1. The van der Waals surface area contributed by atoms with E-state index in [-0.39, 0.29) is 24.2 Å². The predicted molar refractivity (Wildman–Crippen MR) is 112 cm³/mol. The zero-order valence-corrected chi connectivity index (χ0v) is 16.8. The monoisotopic (exact) mass is 389 g/mol. The smallest absolute Gasteiger partial charge is 0.251 e. The van der Waals surface area contributed by atoms with E-state index in [4.69, 9.17) is 5.73 Å². The van der Waals surface area contributed by atoms with Gasteiger partial charge < -0.3 is 16.4 Å². The summed E-state index contributed by atoms with van der Waals surface area (Å²) in [5, 5.41) is 5.74. The Morgan fingerprint density at radius 2 is 1.74 bits per heavy atom. The summed E-state index contributed by atoms with van der Waals surface area (Å²) in [7, 11) is 0. The Morgan fingerprint density at radius 3 is 2.33 bits per heavy atom. The number of hydrogen-bond donors (Lipinski definition) is 3. The van der Waals surface area contributed by atoms with Gasteiger partial charge in [-0.15, -0.1) is 12.4 Å². The van der Waals surface area contributed by atoms with Gasteiger partial charge in [-0.25, -0.2) is 0 Å². The summed E-state index contributed by atoms with van der Waals surface area (Å²) in [4.78, 5) is 24.5. The van der Waals surface area contributed by atoms with Crippen LogP contribution in [0.1, 0.15) is 35.3 Å². The third kappa shape index (κ3) is 7.04. The second kappa shape index (κ2) is 10.7. The van der Waals surface area contributed by atoms with Crippen molar-refractivity contribution in [2.24, 2.45) is 11.7 Å². The molecule has 146 valence electrons. The van der Waals surface area contributed by atoms with Crippen molar-refractivity contribution in [1.29, 1.82) is 0 Å². The van der Waals surface area contributed by atoms with Crippen molar-refractivity contribution in [3.05, 3.63) is 65.2 Å². The average Bonchev–Trinajstić information content (AvgIpc) is 2.62. The van der Waals surface area contributed by atoms with Crippen LogP contribution in [0.5, 0.6) is 0 Å². The molecule has 0 aliphatic rings. The second-order valence-corrected chi connectivity index (χ2v) is 6.92. The maximum absolute atomic E-state index is 12.3. The van der Waals surface area contributed by atoms with Crippen LogP contribution >= 0.6 is 12.4 Å². The molecule has 2 amide bonds. The minimum Gasteiger partial charge on any atom is -0.352 e. The first-order valence-corrected chi connectivity index (χ1v) is 8.86. The number of rotatable bonds is 7. The number of nitrogens with two attached hydrogens (primary N) is 1. The van der Waals surface area contributed by atoms with Crippen LogP contribution in [0.4, 0.5) is 5.69 Å². The van der Waals surface area contributed by atoms with Gasteiger partial charge in [-0.3, -0.25) is 9.59 Å². The molecular weight excluding hydrogens is 362 g/mol. The SMILES string of the molecule is Cc1cc(C(=O)NCC(C)C)ccc1NC(=O)[C@@H](N)Cc1ccccc1.Cl. The van der Waals surface area contributed by atoms with Crippen LogP contribution in [0.3, 0.4) is 0 Å². The van der Waals surface area contributed by atoms with Crippen molar-refractivity contribution in [2.75, 3.05) is 11.9 Å². The molecule has 0 radical (unpaired) electrons. The molecule has 0 aromatic heterocycles. The molecule has 2 aromatic rings. The van der Waals surface area contributed by atoms with Crippen LogP contribution in [0, 0.1) is 12.8 Å². The van der Waals surface area contributed by atoms with E-state index in [1.807, 2.05) is 51.1 Å². The maximum Gasteiger partial charge on any atom is 0.251 e. The molecule has 0 saturated carbocycles. The first-order valence-electron chi connectivity index (χ1n) is 8.86. The number of benzene rings is 2. The van der Waals surface area contributed by atoms with Crippen LogP contribution in [0.2, 0.25) is 0 Å². The lowest BCUT2D eigenvalue weighted by Gasteiger charge is -2.15. The summed E-state index contributed by atoms with van der Waals surface area (Å²) >= 11 is 0. The molecule has 0 fully saturated rings. The van der Waals surface area contributed by atoms with Crippen molar-refractivity contribution in [3.8, 4) is 0 Å². The molecule has 6 heteroatoms. The number of carbonyl (C=O) groups excluding carboxylic acids is 2. The van der Waals surface area contributed by atoms with Crippen molar-refractivity contribution < 1.29 is 9.59 Å². The zero-order valence-electron chi connectivity index (χ0n) is 16.0. The lowest BCUT2D eigenvalue weighted by molar-refractivity contribution is -0.117. The third-order valence-electron chi connectivity index (χ3n) is 4.05. The van der Waals surface area contributed by atoms with E-state index >= 15 is 0 Å². The Bertz CT molecular complexity index is 763. The van der Waals surface area contributed by atoms with Gasteiger partial charge in [-0.1, -0.05) is 44.2 Å². The van der Waals surface area contributed by atoms with Gasteiger partial charge in [0, 0.05) is 17.8 Å². The van der Waals surface area contributed by atoms with Gasteiger partial charge in [0.15, 0.2) is 0 Å². The van der Waals surface area contributed by atoms with Crippen LogP contribution < -0.4 is 16.4 Å². The molecule has 4 N–H and O–H groups in total. The molecule has 2 rings (SSSR count). The number of hydrogen-bond acceptors (Lipinski definition) is 3. The fourth-order valence-electron chi connectivity index (χ4n) is 2.53. The standard InChI is InChI=1S/C21H27N3O2.ClH/c1-14(2)13-23-20(25)17-9-10-19(15(3)11-17)24-21(26)18(22)12-16-7-5-4-6-8-16;/h4-11,14,18H,12-13,22H2,1-3H3,(H,23,25)(H,24,26);1H/t18-;/m0./s1. The van der Waals surface area contributed by atoms with Gasteiger partial charge in [0.1, 0.15) is 0 Å². The van der Waals surface area contributed by atoms with E-state index < -0.39 is 6.04 Å². The molecule has 0 spiro atoms. The van der Waals surface area contributed by atoms with Crippen LogP contribution in [0.25, 0.3) is 0 Å². The summed E-state index contributed by atoms with van der Waals surface area (Å²) < 4.78 is 0. The molecule has 0 unspecified atom stereocenters. The fraction of sp³-hybridized carbons (Fsp3) is 0.333. The second-order valence-electron chi connectivity index (χ2n) is 6.92. The van der Waals surface area contributed by atoms with Crippen LogP contribution in [-0.2, 0) is 11.2 Å². The predicted octanol–water partition coefficient (Wildman–Crippen LogP) is 3.31. The minimum atomic E-state index is -0.634. The van der Waals surface area contributed by atoms with Gasteiger partial charge in [-0.2, -0.15) is 0 Å². The van der Waals surface area contributed by atoms with E-state index in [1.165, 1.54) is 0 Å². The van der Waals surface area contributed by atoms with Crippen molar-refractivity contribution in [1.82, 2.24) is 5.32 Å². The highest BCUT2D eigenvalue weighted by molar-refractivity contribution is 5.98. The summed E-state index contributed by atoms with van der Waals surface area (Å²) in [6, 6.07) is 14.3. The van der Waals surface area contributed by atoms with E-state index in [0.717, 1.165) is 11.1 Å². The lowest BCUT2D eigenvalue weighted by atomic mass is 10.1. The van der Waals surface area contributed by atoms with Gasteiger partial charge in [0.2, 0.25) is 5.91 Å². The quantitative estimate of drug-likeness (QED) is 0.679. The lowest BCUT2D eigenvalue weighted by Crippen LogP contribution is -2.37. The van der Waals surface area contributed by atoms with Crippen LogP contribution in [-0.4, -0.2) is 24.4 Å². The molecule has 0 heterocycles. The molecular formula is C21H28ClN3O2. The van der Waals surface area contributed by atoms with E-state index in [1.54, 1.807) is 18.2 Å².